The fraction of sp³-hybridized carbons (Fsp3) is 0.545. The monoisotopic (exact) mass is 316 g/mol. The van der Waals surface area contributed by atoms with Gasteiger partial charge in [0.15, 0.2) is 0 Å². The molecule has 0 fully saturated rings. The molecule has 1 N–H and O–H groups in total. The molecule has 0 aliphatic carbocycles. The third-order valence-electron chi connectivity index (χ3n) is 3.69. The molecule has 0 radical (unpaired) electrons. The SMILES string of the molecule is CC/C=C\C/C=C\C/C=C\C/C=C\CC/C=C/CC(CC)CO. The van der Waals surface area contributed by atoms with Crippen molar-refractivity contribution in [1.29, 1.82) is 0 Å². The van der Waals surface area contributed by atoms with Gasteiger partial charge in [-0.2, -0.15) is 0 Å². The highest BCUT2D eigenvalue weighted by Gasteiger charge is 1.99. The molecule has 0 aromatic rings. The number of allylic oxidation sites excluding steroid dienone is 10. The zero-order valence-electron chi connectivity index (χ0n) is 15.2. The molecule has 1 nitrogen and oxygen atoms in total. The molecule has 0 bridgehead atoms. The first kappa shape index (κ1) is 21.7. The van der Waals surface area contributed by atoms with Crippen LogP contribution in [-0.2, 0) is 0 Å². The van der Waals surface area contributed by atoms with Crippen LogP contribution in [0.2, 0.25) is 0 Å². The molecule has 23 heavy (non-hydrogen) atoms. The second-order valence-electron chi connectivity index (χ2n) is 5.74. The molecule has 130 valence electrons. The molecule has 0 aliphatic rings. The van der Waals surface area contributed by atoms with Gasteiger partial charge in [-0.05, 0) is 50.9 Å². The Bertz CT molecular complexity index is 367. The lowest BCUT2D eigenvalue weighted by Crippen LogP contribution is -2.02. The molecule has 0 amide bonds. The fourth-order valence-electron chi connectivity index (χ4n) is 2.07. The van der Waals surface area contributed by atoms with E-state index in [0.717, 1.165) is 51.4 Å². The van der Waals surface area contributed by atoms with Crippen molar-refractivity contribution < 1.29 is 5.11 Å². The largest absolute Gasteiger partial charge is 0.396 e. The molecule has 0 saturated heterocycles. The Morgan fingerprint density at radius 3 is 1.61 bits per heavy atom. The summed E-state index contributed by atoms with van der Waals surface area (Å²) in [5, 5.41) is 9.09. The summed E-state index contributed by atoms with van der Waals surface area (Å²) in [5.41, 5.74) is 0. The summed E-state index contributed by atoms with van der Waals surface area (Å²) in [6, 6.07) is 0. The van der Waals surface area contributed by atoms with Crippen LogP contribution >= 0.6 is 0 Å². The van der Waals surface area contributed by atoms with Crippen LogP contribution in [0.3, 0.4) is 0 Å². The number of unbranched alkanes of at least 4 members (excludes halogenated alkanes) is 1. The van der Waals surface area contributed by atoms with Crippen molar-refractivity contribution in [3.63, 3.8) is 0 Å². The summed E-state index contributed by atoms with van der Waals surface area (Å²) in [6.07, 6.45) is 30.7. The van der Waals surface area contributed by atoms with E-state index in [1.807, 2.05) is 0 Å². The second kappa shape index (κ2) is 18.7. The Labute approximate surface area is 144 Å². The zero-order valence-corrected chi connectivity index (χ0v) is 15.2. The lowest BCUT2D eigenvalue weighted by Gasteiger charge is -2.06. The van der Waals surface area contributed by atoms with Gasteiger partial charge in [-0.15, -0.1) is 0 Å². The first-order chi connectivity index (χ1) is 11.3. The van der Waals surface area contributed by atoms with E-state index in [1.54, 1.807) is 0 Å². The molecule has 1 atom stereocenters. The van der Waals surface area contributed by atoms with E-state index in [2.05, 4.69) is 74.6 Å². The molecule has 1 unspecified atom stereocenters. The van der Waals surface area contributed by atoms with Gasteiger partial charge >= 0.3 is 0 Å². The molecule has 0 aliphatic heterocycles. The minimum absolute atomic E-state index is 0.303. The van der Waals surface area contributed by atoms with E-state index < -0.39 is 0 Å². The fourth-order valence-corrected chi connectivity index (χ4v) is 2.07. The standard InChI is InChI=1S/C22H36O/c1-3-5-6-7-8-9-10-11-12-13-14-15-16-17-18-19-20-22(4-2)21-23/h5-6,8-9,11-12,14-15,18-19,22-23H,3-4,7,10,13,16-17,20-21H2,1-2H3/b6-5-,9-8-,12-11-,15-14-,19-18+. The average molecular weight is 317 g/mol. The van der Waals surface area contributed by atoms with Crippen molar-refractivity contribution in [3.8, 4) is 0 Å². The van der Waals surface area contributed by atoms with Crippen LogP contribution in [0, 0.1) is 5.92 Å². The molecular formula is C22H36O. The van der Waals surface area contributed by atoms with Gasteiger partial charge in [0.1, 0.15) is 0 Å². The predicted octanol–water partition coefficient (Wildman–Crippen LogP) is 6.54. The third kappa shape index (κ3) is 16.9. The summed E-state index contributed by atoms with van der Waals surface area (Å²) in [6.45, 7) is 4.59. The summed E-state index contributed by atoms with van der Waals surface area (Å²) in [5.74, 6) is 0.434. The van der Waals surface area contributed by atoms with E-state index >= 15 is 0 Å². The predicted molar refractivity (Wildman–Crippen MR) is 105 cm³/mol. The quantitative estimate of drug-likeness (QED) is 0.285. The number of rotatable bonds is 14. The van der Waals surface area contributed by atoms with Gasteiger partial charge in [0, 0.05) is 6.61 Å². The highest BCUT2D eigenvalue weighted by Crippen LogP contribution is 2.08. The summed E-state index contributed by atoms with van der Waals surface area (Å²) in [7, 11) is 0. The minimum Gasteiger partial charge on any atom is -0.396 e. The Balaban J connectivity index is 3.51. The van der Waals surface area contributed by atoms with Crippen molar-refractivity contribution in [2.45, 2.75) is 65.2 Å². The Morgan fingerprint density at radius 2 is 1.13 bits per heavy atom. The van der Waals surface area contributed by atoms with Crippen LogP contribution in [0.15, 0.2) is 60.8 Å². The van der Waals surface area contributed by atoms with Gasteiger partial charge in [-0.25, -0.2) is 0 Å². The number of hydrogen-bond donors (Lipinski definition) is 1. The Morgan fingerprint density at radius 1 is 0.652 bits per heavy atom. The minimum atomic E-state index is 0.303. The number of aliphatic hydroxyl groups excluding tert-OH is 1. The molecule has 0 saturated carbocycles. The van der Waals surface area contributed by atoms with Gasteiger partial charge in [0.05, 0.1) is 0 Å². The van der Waals surface area contributed by atoms with Crippen LogP contribution in [0.1, 0.15) is 65.2 Å². The van der Waals surface area contributed by atoms with Crippen LogP contribution in [0.25, 0.3) is 0 Å². The average Bonchev–Trinajstić information content (AvgIpc) is 2.58. The highest BCUT2D eigenvalue weighted by molar-refractivity contribution is 4.99. The number of aliphatic hydroxyl groups is 1. The van der Waals surface area contributed by atoms with Gasteiger partial charge in [0.2, 0.25) is 0 Å². The van der Waals surface area contributed by atoms with Crippen molar-refractivity contribution in [1.82, 2.24) is 0 Å². The maximum absolute atomic E-state index is 9.09. The van der Waals surface area contributed by atoms with Gasteiger partial charge in [-0.3, -0.25) is 0 Å². The topological polar surface area (TPSA) is 20.2 Å². The maximum atomic E-state index is 9.09. The molecule has 0 aromatic carbocycles. The zero-order chi connectivity index (χ0) is 17.0. The molecule has 1 heteroatoms. The first-order valence-corrected chi connectivity index (χ1v) is 9.20. The van der Waals surface area contributed by atoms with Crippen LogP contribution in [-0.4, -0.2) is 11.7 Å². The van der Waals surface area contributed by atoms with E-state index in [9.17, 15) is 0 Å². The normalized spacial score (nSPS) is 14.4. The molecule has 0 rings (SSSR count). The summed E-state index contributed by atoms with van der Waals surface area (Å²) < 4.78 is 0. The van der Waals surface area contributed by atoms with E-state index in [4.69, 9.17) is 5.11 Å². The molecule has 0 spiro atoms. The van der Waals surface area contributed by atoms with E-state index in [-0.39, 0.29) is 0 Å². The molecule has 0 aromatic heterocycles. The summed E-state index contributed by atoms with van der Waals surface area (Å²) in [4.78, 5) is 0. The van der Waals surface area contributed by atoms with E-state index in [1.165, 1.54) is 0 Å². The smallest absolute Gasteiger partial charge is 0.0462 e. The Kier molecular flexibility index (Phi) is 17.6. The lowest BCUT2D eigenvalue weighted by molar-refractivity contribution is 0.224. The third-order valence-corrected chi connectivity index (χ3v) is 3.69. The lowest BCUT2D eigenvalue weighted by atomic mass is 10.0. The van der Waals surface area contributed by atoms with Crippen LogP contribution < -0.4 is 0 Å². The van der Waals surface area contributed by atoms with Crippen LogP contribution in [0.5, 0.6) is 0 Å². The number of hydrogen-bond acceptors (Lipinski definition) is 1. The molecule has 0 heterocycles. The van der Waals surface area contributed by atoms with Crippen molar-refractivity contribution in [3.05, 3.63) is 60.8 Å². The second-order valence-corrected chi connectivity index (χ2v) is 5.74. The van der Waals surface area contributed by atoms with E-state index in [0.29, 0.717) is 12.5 Å². The van der Waals surface area contributed by atoms with Crippen molar-refractivity contribution >= 4 is 0 Å². The van der Waals surface area contributed by atoms with Crippen molar-refractivity contribution in [2.24, 2.45) is 5.92 Å². The first-order valence-electron chi connectivity index (χ1n) is 9.20. The molecular weight excluding hydrogens is 280 g/mol. The summed E-state index contributed by atoms with van der Waals surface area (Å²) >= 11 is 0. The van der Waals surface area contributed by atoms with Gasteiger partial charge < -0.3 is 5.11 Å². The Hall–Kier alpha value is -1.34. The van der Waals surface area contributed by atoms with Crippen molar-refractivity contribution in [2.75, 3.05) is 6.61 Å². The maximum Gasteiger partial charge on any atom is 0.0462 e. The highest BCUT2D eigenvalue weighted by atomic mass is 16.3. The van der Waals surface area contributed by atoms with Crippen LogP contribution in [0.4, 0.5) is 0 Å². The van der Waals surface area contributed by atoms with Gasteiger partial charge in [0.25, 0.3) is 0 Å². The van der Waals surface area contributed by atoms with Gasteiger partial charge in [-0.1, -0.05) is 81.0 Å².